The molecule has 3 aromatic rings. The first kappa shape index (κ1) is 16.9. The maximum atomic E-state index is 6.09. The molecular weight excluding hydrogens is 326 g/mol. The average Bonchev–Trinajstić information content (AvgIpc) is 2.68. The average molecular weight is 349 g/mol. The number of nitrogens with one attached hydrogen (secondary N) is 1. The minimum atomic E-state index is -0.0284. The van der Waals surface area contributed by atoms with Crippen LogP contribution in [0, 0.1) is 6.92 Å². The fraction of sp³-hybridized carbons (Fsp3) is 0.333. The standard InChI is InChI=1S/C21H23N3O2/c1-15-12-21(23-18-8-3-2-7-17(15)18)24-19-9-11-25-14-20(19)26-13-16-6-4-5-10-22-16/h2-8,10,12,19-20H,9,11,13-14H2,1H3,(H,23,24)/t19-,20-/m1/s1. The number of rotatable bonds is 5. The predicted octanol–water partition coefficient (Wildman–Crippen LogP) is 3.72. The fourth-order valence-corrected chi connectivity index (χ4v) is 3.33. The van der Waals surface area contributed by atoms with Crippen molar-refractivity contribution < 1.29 is 9.47 Å². The molecule has 3 heterocycles. The molecule has 5 nitrogen and oxygen atoms in total. The van der Waals surface area contributed by atoms with Crippen molar-refractivity contribution in [1.82, 2.24) is 9.97 Å². The summed E-state index contributed by atoms with van der Waals surface area (Å²) in [5.74, 6) is 0.888. The van der Waals surface area contributed by atoms with Gasteiger partial charge in [0.25, 0.3) is 0 Å². The van der Waals surface area contributed by atoms with Crippen LogP contribution in [0.2, 0.25) is 0 Å². The number of ether oxygens (including phenoxy) is 2. The second-order valence-electron chi connectivity index (χ2n) is 6.63. The molecule has 5 heteroatoms. The number of anilines is 1. The molecule has 1 aliphatic rings. The van der Waals surface area contributed by atoms with E-state index in [4.69, 9.17) is 14.5 Å². The van der Waals surface area contributed by atoms with Crippen molar-refractivity contribution in [3.63, 3.8) is 0 Å². The number of benzene rings is 1. The SMILES string of the molecule is Cc1cc(N[C@@H]2CCOC[C@H]2OCc2ccccn2)nc2ccccc12. The molecule has 2 atom stereocenters. The summed E-state index contributed by atoms with van der Waals surface area (Å²) in [5, 5.41) is 4.75. The van der Waals surface area contributed by atoms with E-state index in [0.29, 0.717) is 13.2 Å². The molecule has 2 aromatic heterocycles. The number of hydrogen-bond acceptors (Lipinski definition) is 5. The van der Waals surface area contributed by atoms with E-state index < -0.39 is 0 Å². The molecule has 0 unspecified atom stereocenters. The molecule has 0 saturated carbocycles. The molecule has 0 aliphatic carbocycles. The number of aromatic nitrogens is 2. The van der Waals surface area contributed by atoms with Gasteiger partial charge in [-0.05, 0) is 43.2 Å². The molecule has 0 bridgehead atoms. The number of hydrogen-bond donors (Lipinski definition) is 1. The lowest BCUT2D eigenvalue weighted by Gasteiger charge is -2.32. The largest absolute Gasteiger partial charge is 0.379 e. The van der Waals surface area contributed by atoms with E-state index in [0.717, 1.165) is 30.1 Å². The Bertz CT molecular complexity index is 870. The zero-order valence-corrected chi connectivity index (χ0v) is 14.9. The van der Waals surface area contributed by atoms with Gasteiger partial charge >= 0.3 is 0 Å². The van der Waals surface area contributed by atoms with Crippen molar-refractivity contribution in [2.45, 2.75) is 32.1 Å². The third-order valence-corrected chi connectivity index (χ3v) is 4.73. The van der Waals surface area contributed by atoms with Gasteiger partial charge in [0.15, 0.2) is 0 Å². The topological polar surface area (TPSA) is 56.3 Å². The van der Waals surface area contributed by atoms with Crippen LogP contribution in [-0.2, 0) is 16.1 Å². The highest BCUT2D eigenvalue weighted by Crippen LogP contribution is 2.23. The summed E-state index contributed by atoms with van der Waals surface area (Å²) in [4.78, 5) is 9.08. The molecule has 26 heavy (non-hydrogen) atoms. The lowest BCUT2D eigenvalue weighted by atomic mass is 10.1. The zero-order chi connectivity index (χ0) is 17.8. The van der Waals surface area contributed by atoms with Crippen molar-refractivity contribution >= 4 is 16.7 Å². The molecule has 1 saturated heterocycles. The normalized spacial score (nSPS) is 20.2. The Kier molecular flexibility index (Phi) is 5.09. The van der Waals surface area contributed by atoms with Crippen LogP contribution in [0.4, 0.5) is 5.82 Å². The minimum absolute atomic E-state index is 0.0284. The number of fused-ring (bicyclic) bond motifs is 1. The van der Waals surface area contributed by atoms with Crippen LogP contribution in [-0.4, -0.2) is 35.3 Å². The Hall–Kier alpha value is -2.50. The number of aryl methyl sites for hydroxylation is 1. The van der Waals surface area contributed by atoms with E-state index in [9.17, 15) is 0 Å². The summed E-state index contributed by atoms with van der Waals surface area (Å²) in [6.45, 7) is 3.91. The van der Waals surface area contributed by atoms with Crippen molar-refractivity contribution in [3.8, 4) is 0 Å². The molecule has 134 valence electrons. The Morgan fingerprint density at radius 1 is 1.19 bits per heavy atom. The van der Waals surface area contributed by atoms with Gasteiger partial charge in [-0.1, -0.05) is 24.3 Å². The number of para-hydroxylation sites is 1. The summed E-state index contributed by atoms with van der Waals surface area (Å²) in [5.41, 5.74) is 3.15. The Balaban J connectivity index is 1.48. The molecule has 1 aromatic carbocycles. The zero-order valence-electron chi connectivity index (χ0n) is 14.9. The van der Waals surface area contributed by atoms with E-state index >= 15 is 0 Å². The van der Waals surface area contributed by atoms with Gasteiger partial charge in [-0.2, -0.15) is 0 Å². The Morgan fingerprint density at radius 2 is 2.08 bits per heavy atom. The van der Waals surface area contributed by atoms with E-state index in [2.05, 4.69) is 29.4 Å². The summed E-state index contributed by atoms with van der Waals surface area (Å²) < 4.78 is 11.7. The first-order chi connectivity index (χ1) is 12.8. The highest BCUT2D eigenvalue weighted by atomic mass is 16.5. The quantitative estimate of drug-likeness (QED) is 0.761. The molecule has 1 fully saturated rings. The number of pyridine rings is 2. The second kappa shape index (κ2) is 7.81. The van der Waals surface area contributed by atoms with E-state index in [1.165, 1.54) is 10.9 Å². The molecule has 4 rings (SSSR count). The van der Waals surface area contributed by atoms with Gasteiger partial charge in [0, 0.05) is 18.2 Å². The number of nitrogens with zero attached hydrogens (tertiary/aromatic N) is 2. The van der Waals surface area contributed by atoms with Crippen LogP contribution in [0.25, 0.3) is 10.9 Å². The third kappa shape index (κ3) is 3.84. The van der Waals surface area contributed by atoms with Crippen molar-refractivity contribution in [1.29, 1.82) is 0 Å². The maximum absolute atomic E-state index is 6.09. The smallest absolute Gasteiger partial charge is 0.127 e. The summed E-state index contributed by atoms with van der Waals surface area (Å²) >= 11 is 0. The van der Waals surface area contributed by atoms with Crippen LogP contribution in [0.5, 0.6) is 0 Å². The van der Waals surface area contributed by atoms with Crippen molar-refractivity contribution in [2.75, 3.05) is 18.5 Å². The van der Waals surface area contributed by atoms with Crippen LogP contribution in [0.1, 0.15) is 17.7 Å². The van der Waals surface area contributed by atoms with E-state index in [-0.39, 0.29) is 12.1 Å². The third-order valence-electron chi connectivity index (χ3n) is 4.73. The fourth-order valence-electron chi connectivity index (χ4n) is 3.33. The molecule has 0 radical (unpaired) electrons. The lowest BCUT2D eigenvalue weighted by molar-refractivity contribution is -0.0645. The van der Waals surface area contributed by atoms with Crippen LogP contribution in [0.15, 0.2) is 54.7 Å². The van der Waals surface area contributed by atoms with Gasteiger partial charge in [-0.25, -0.2) is 4.98 Å². The van der Waals surface area contributed by atoms with Gasteiger partial charge < -0.3 is 14.8 Å². The minimum Gasteiger partial charge on any atom is -0.379 e. The van der Waals surface area contributed by atoms with Gasteiger partial charge in [0.1, 0.15) is 11.9 Å². The van der Waals surface area contributed by atoms with Crippen molar-refractivity contribution in [3.05, 3.63) is 66.0 Å². The summed E-state index contributed by atoms with van der Waals surface area (Å²) in [7, 11) is 0. The molecule has 1 N–H and O–H groups in total. The highest BCUT2D eigenvalue weighted by molar-refractivity contribution is 5.83. The van der Waals surface area contributed by atoms with Gasteiger partial charge in [0.05, 0.1) is 30.5 Å². The summed E-state index contributed by atoms with van der Waals surface area (Å²) in [6, 6.07) is 16.3. The monoisotopic (exact) mass is 349 g/mol. The highest BCUT2D eigenvalue weighted by Gasteiger charge is 2.27. The van der Waals surface area contributed by atoms with Crippen LogP contribution >= 0.6 is 0 Å². The maximum Gasteiger partial charge on any atom is 0.127 e. The van der Waals surface area contributed by atoms with E-state index in [1.807, 2.05) is 36.4 Å². The lowest BCUT2D eigenvalue weighted by Crippen LogP contribution is -2.43. The van der Waals surface area contributed by atoms with Gasteiger partial charge in [0.2, 0.25) is 0 Å². The molecular formula is C21H23N3O2. The Morgan fingerprint density at radius 3 is 2.96 bits per heavy atom. The van der Waals surface area contributed by atoms with E-state index in [1.54, 1.807) is 6.20 Å². The van der Waals surface area contributed by atoms with Gasteiger partial charge in [-0.15, -0.1) is 0 Å². The molecule has 0 amide bonds. The molecule has 1 aliphatic heterocycles. The van der Waals surface area contributed by atoms with Gasteiger partial charge in [-0.3, -0.25) is 4.98 Å². The Labute approximate surface area is 153 Å². The summed E-state index contributed by atoms with van der Waals surface area (Å²) in [6.07, 6.45) is 2.65. The predicted molar refractivity (Wildman–Crippen MR) is 102 cm³/mol. The van der Waals surface area contributed by atoms with Crippen LogP contribution < -0.4 is 5.32 Å². The second-order valence-corrected chi connectivity index (χ2v) is 6.63. The van der Waals surface area contributed by atoms with Crippen LogP contribution in [0.3, 0.4) is 0 Å². The first-order valence-electron chi connectivity index (χ1n) is 9.02. The first-order valence-corrected chi connectivity index (χ1v) is 9.02. The molecule has 0 spiro atoms. The van der Waals surface area contributed by atoms with Crippen molar-refractivity contribution in [2.24, 2.45) is 0 Å².